The second-order valence-electron chi connectivity index (χ2n) is 7.70. The van der Waals surface area contributed by atoms with Crippen LogP contribution in [0.15, 0.2) is 59.7 Å². The molecule has 0 N–H and O–H groups in total. The van der Waals surface area contributed by atoms with Gasteiger partial charge in [0, 0.05) is 55.3 Å². The second kappa shape index (κ2) is 7.12. The van der Waals surface area contributed by atoms with E-state index in [0.29, 0.717) is 30.4 Å². The van der Waals surface area contributed by atoms with Crippen molar-refractivity contribution in [3.63, 3.8) is 0 Å². The largest absolute Gasteiger partial charge is 0.336 e. The molecule has 0 spiro atoms. The monoisotopic (exact) mass is 406 g/mol. The van der Waals surface area contributed by atoms with E-state index in [1.54, 1.807) is 24.4 Å². The Hall–Kier alpha value is -2.99. The highest BCUT2D eigenvalue weighted by molar-refractivity contribution is 6.30. The third-order valence-electron chi connectivity index (χ3n) is 5.75. The van der Waals surface area contributed by atoms with Crippen LogP contribution in [0, 0.1) is 5.92 Å². The zero-order valence-electron chi connectivity index (χ0n) is 15.7. The minimum Gasteiger partial charge on any atom is -0.336 e. The van der Waals surface area contributed by atoms with E-state index in [4.69, 9.17) is 11.6 Å². The normalized spacial score (nSPS) is 20.2. The van der Waals surface area contributed by atoms with Crippen LogP contribution in [-0.2, 0) is 6.54 Å². The molecule has 1 saturated heterocycles. The first-order chi connectivity index (χ1) is 14.1. The van der Waals surface area contributed by atoms with Crippen molar-refractivity contribution in [2.45, 2.75) is 18.9 Å². The maximum absolute atomic E-state index is 13.0. The van der Waals surface area contributed by atoms with E-state index in [1.807, 2.05) is 27.7 Å². The maximum atomic E-state index is 13.0. The molecule has 7 heteroatoms. The van der Waals surface area contributed by atoms with Crippen molar-refractivity contribution in [3.8, 4) is 11.3 Å². The van der Waals surface area contributed by atoms with Crippen molar-refractivity contribution >= 4 is 17.5 Å². The molecule has 2 bridgehead atoms. The quantitative estimate of drug-likeness (QED) is 0.655. The number of likely N-dealkylation sites (tertiary alicyclic amines) is 1. The fourth-order valence-corrected chi connectivity index (χ4v) is 4.58. The summed E-state index contributed by atoms with van der Waals surface area (Å²) in [6.07, 6.45) is 4.19. The second-order valence-corrected chi connectivity index (χ2v) is 8.14. The van der Waals surface area contributed by atoms with Crippen LogP contribution in [0.25, 0.3) is 11.3 Å². The number of amides is 1. The van der Waals surface area contributed by atoms with Gasteiger partial charge in [0.25, 0.3) is 11.5 Å². The first kappa shape index (κ1) is 18.1. The first-order valence-electron chi connectivity index (χ1n) is 9.65. The Labute approximate surface area is 172 Å². The molecule has 1 amide bonds. The topological polar surface area (TPSA) is 68.1 Å². The molecule has 0 saturated carbocycles. The fourth-order valence-electron chi connectivity index (χ4n) is 4.47. The van der Waals surface area contributed by atoms with Crippen molar-refractivity contribution in [2.75, 3.05) is 13.1 Å². The number of hydrogen-bond donors (Lipinski definition) is 0. The summed E-state index contributed by atoms with van der Waals surface area (Å²) >= 11 is 5.89. The molecule has 3 aromatic rings. The summed E-state index contributed by atoms with van der Waals surface area (Å²) in [4.78, 5) is 36.1. The smallest absolute Gasteiger partial charge is 0.272 e. The van der Waals surface area contributed by atoms with E-state index in [0.717, 1.165) is 23.4 Å². The maximum Gasteiger partial charge on any atom is 0.272 e. The summed E-state index contributed by atoms with van der Waals surface area (Å²) in [6, 6.07) is 12.7. The zero-order valence-corrected chi connectivity index (χ0v) is 16.4. The highest BCUT2D eigenvalue weighted by atomic mass is 35.5. The van der Waals surface area contributed by atoms with E-state index in [-0.39, 0.29) is 23.3 Å². The lowest BCUT2D eigenvalue weighted by Gasteiger charge is -2.42. The van der Waals surface area contributed by atoms with Crippen molar-refractivity contribution in [1.29, 1.82) is 0 Å². The van der Waals surface area contributed by atoms with Gasteiger partial charge in [0.05, 0.1) is 10.7 Å². The van der Waals surface area contributed by atoms with Gasteiger partial charge in [-0.1, -0.05) is 17.7 Å². The Morgan fingerprint density at radius 2 is 1.97 bits per heavy atom. The molecule has 146 valence electrons. The Kier molecular flexibility index (Phi) is 4.43. The van der Waals surface area contributed by atoms with Crippen molar-refractivity contribution in [3.05, 3.63) is 81.6 Å². The number of halogens is 1. The molecule has 2 aliphatic heterocycles. The van der Waals surface area contributed by atoms with E-state index in [9.17, 15) is 9.59 Å². The lowest BCUT2D eigenvalue weighted by Crippen LogP contribution is -2.49. The molecule has 1 fully saturated rings. The van der Waals surface area contributed by atoms with Crippen LogP contribution in [-0.4, -0.2) is 38.4 Å². The molecule has 0 aliphatic carbocycles. The summed E-state index contributed by atoms with van der Waals surface area (Å²) in [5.74, 6) is 0.291. The number of carbonyl (C=O) groups excluding carboxylic acids is 1. The lowest BCUT2D eigenvalue weighted by molar-refractivity contribution is 0.0589. The van der Waals surface area contributed by atoms with Crippen LogP contribution in [0.2, 0.25) is 5.02 Å². The third-order valence-corrected chi connectivity index (χ3v) is 5.97. The van der Waals surface area contributed by atoms with Crippen LogP contribution in [0.5, 0.6) is 0 Å². The molecule has 0 radical (unpaired) electrons. The van der Waals surface area contributed by atoms with E-state index < -0.39 is 0 Å². The molecular weight excluding hydrogens is 388 g/mol. The minimum atomic E-state index is -0.0898. The number of fused-ring (bicyclic) bond motifs is 4. The Bertz CT molecular complexity index is 1130. The molecule has 5 rings (SSSR count). The van der Waals surface area contributed by atoms with Gasteiger partial charge in [-0.15, -0.1) is 0 Å². The number of carbonyl (C=O) groups is 1. The zero-order chi connectivity index (χ0) is 20.0. The summed E-state index contributed by atoms with van der Waals surface area (Å²) in [5, 5.41) is 0.507. The van der Waals surface area contributed by atoms with E-state index in [2.05, 4.69) is 16.0 Å². The fraction of sp³-hybridized carbons (Fsp3) is 0.273. The average Bonchev–Trinajstić information content (AvgIpc) is 2.75. The predicted octanol–water partition coefficient (Wildman–Crippen LogP) is 3.22. The van der Waals surface area contributed by atoms with Crippen molar-refractivity contribution in [2.24, 2.45) is 5.92 Å². The Morgan fingerprint density at radius 3 is 2.72 bits per heavy atom. The van der Waals surface area contributed by atoms with E-state index >= 15 is 0 Å². The standard InChI is InChI=1S/C22H19ClN4O2/c23-17-4-5-19(25-10-17)22(29)26-11-14-7-16(13-26)20-8-15(9-21(28)27(20)12-14)18-3-1-2-6-24-18/h1-6,8-10,14,16H,7,11-13H2/t14-,16+/m0/s1. The molecule has 2 aliphatic rings. The van der Waals surface area contributed by atoms with Crippen LogP contribution in [0.4, 0.5) is 0 Å². The number of piperidine rings is 1. The number of pyridine rings is 3. The molecule has 5 heterocycles. The van der Waals surface area contributed by atoms with Crippen LogP contribution < -0.4 is 5.56 Å². The van der Waals surface area contributed by atoms with Gasteiger partial charge in [-0.05, 0) is 42.7 Å². The molecule has 0 unspecified atom stereocenters. The van der Waals surface area contributed by atoms with Gasteiger partial charge in [0.2, 0.25) is 0 Å². The summed E-state index contributed by atoms with van der Waals surface area (Å²) < 4.78 is 1.87. The number of nitrogens with zero attached hydrogens (tertiary/aromatic N) is 4. The van der Waals surface area contributed by atoms with Crippen molar-refractivity contribution in [1.82, 2.24) is 19.4 Å². The predicted molar refractivity (Wildman–Crippen MR) is 110 cm³/mol. The van der Waals surface area contributed by atoms with Crippen LogP contribution in [0.3, 0.4) is 0 Å². The van der Waals surface area contributed by atoms with Crippen LogP contribution in [0.1, 0.15) is 28.5 Å². The third kappa shape index (κ3) is 3.34. The number of aromatic nitrogens is 3. The van der Waals surface area contributed by atoms with Gasteiger partial charge >= 0.3 is 0 Å². The molecule has 3 aromatic heterocycles. The van der Waals surface area contributed by atoms with Gasteiger partial charge in [-0.25, -0.2) is 4.98 Å². The summed E-state index contributed by atoms with van der Waals surface area (Å²) in [5.41, 5.74) is 2.98. The molecule has 2 atom stereocenters. The average molecular weight is 407 g/mol. The molecular formula is C22H19ClN4O2. The first-order valence-corrected chi connectivity index (χ1v) is 10.0. The number of rotatable bonds is 2. The van der Waals surface area contributed by atoms with Gasteiger partial charge in [0.1, 0.15) is 5.69 Å². The number of hydrogen-bond acceptors (Lipinski definition) is 4. The van der Waals surface area contributed by atoms with Gasteiger partial charge in [0.15, 0.2) is 0 Å². The molecule has 6 nitrogen and oxygen atoms in total. The van der Waals surface area contributed by atoms with Gasteiger partial charge in [-0.2, -0.15) is 0 Å². The Morgan fingerprint density at radius 1 is 1.07 bits per heavy atom. The highest BCUT2D eigenvalue weighted by Crippen LogP contribution is 2.36. The van der Waals surface area contributed by atoms with Crippen molar-refractivity contribution < 1.29 is 4.79 Å². The van der Waals surface area contributed by atoms with Gasteiger partial charge < -0.3 is 9.47 Å². The lowest BCUT2D eigenvalue weighted by atomic mass is 9.82. The highest BCUT2D eigenvalue weighted by Gasteiger charge is 2.37. The SMILES string of the molecule is O=C(c1ccc(Cl)cn1)N1C[C@@H]2C[C@H](C1)c1cc(-c3ccccn3)cc(=O)n1C2. The Balaban J connectivity index is 1.48. The van der Waals surface area contributed by atoms with Gasteiger partial charge in [-0.3, -0.25) is 14.6 Å². The molecule has 29 heavy (non-hydrogen) atoms. The van der Waals surface area contributed by atoms with Crippen LogP contribution >= 0.6 is 11.6 Å². The minimum absolute atomic E-state index is 0.00278. The summed E-state index contributed by atoms with van der Waals surface area (Å²) in [7, 11) is 0. The summed E-state index contributed by atoms with van der Waals surface area (Å²) in [6.45, 7) is 1.84. The van der Waals surface area contributed by atoms with E-state index in [1.165, 1.54) is 6.20 Å². The molecule has 0 aromatic carbocycles.